The van der Waals surface area contributed by atoms with Gasteiger partial charge in [0, 0.05) is 44.8 Å². The van der Waals surface area contributed by atoms with Gasteiger partial charge in [-0.1, -0.05) is 18.2 Å². The molecule has 2 aromatic rings. The Morgan fingerprint density at radius 3 is 2.74 bits per heavy atom. The number of nitrogens with one attached hydrogen (secondary N) is 1. The molecule has 1 aromatic carbocycles. The Balaban J connectivity index is 1.75. The fourth-order valence-corrected chi connectivity index (χ4v) is 2.77. The summed E-state index contributed by atoms with van der Waals surface area (Å²) >= 11 is 0. The van der Waals surface area contributed by atoms with Crippen molar-refractivity contribution >= 4 is 22.7 Å². The van der Waals surface area contributed by atoms with Crippen LogP contribution < -0.4 is 5.32 Å². The Morgan fingerprint density at radius 1 is 1.22 bits per heavy atom. The van der Waals surface area contributed by atoms with Crippen LogP contribution in [0.25, 0.3) is 10.9 Å². The third-order valence-corrected chi connectivity index (χ3v) is 4.05. The SMILES string of the molecule is CN(CC(=O)N1CCNCC1)C(=O)c1cccc2cccnc12. The third-order valence-electron chi connectivity index (χ3n) is 4.05. The van der Waals surface area contributed by atoms with Crippen molar-refractivity contribution in [2.75, 3.05) is 39.8 Å². The van der Waals surface area contributed by atoms with Crippen molar-refractivity contribution < 1.29 is 9.59 Å². The van der Waals surface area contributed by atoms with E-state index in [-0.39, 0.29) is 18.4 Å². The summed E-state index contributed by atoms with van der Waals surface area (Å²) in [7, 11) is 1.66. The van der Waals surface area contributed by atoms with E-state index in [4.69, 9.17) is 0 Å². The molecule has 0 spiro atoms. The number of carbonyl (C=O) groups is 2. The summed E-state index contributed by atoms with van der Waals surface area (Å²) in [5.74, 6) is -0.201. The van der Waals surface area contributed by atoms with Crippen molar-refractivity contribution in [2.24, 2.45) is 0 Å². The number of fused-ring (bicyclic) bond motifs is 1. The molecule has 23 heavy (non-hydrogen) atoms. The van der Waals surface area contributed by atoms with Crippen molar-refractivity contribution in [3.05, 3.63) is 42.1 Å². The maximum Gasteiger partial charge on any atom is 0.256 e. The molecule has 0 bridgehead atoms. The number of nitrogens with zero attached hydrogens (tertiary/aromatic N) is 3. The Labute approximate surface area is 135 Å². The summed E-state index contributed by atoms with van der Waals surface area (Å²) in [5.41, 5.74) is 1.19. The van der Waals surface area contributed by atoms with E-state index in [1.54, 1.807) is 24.2 Å². The van der Waals surface area contributed by atoms with Crippen molar-refractivity contribution in [1.82, 2.24) is 20.1 Å². The highest BCUT2D eigenvalue weighted by Gasteiger charge is 2.21. The lowest BCUT2D eigenvalue weighted by Crippen LogP contribution is -2.49. The minimum atomic E-state index is -0.183. The largest absolute Gasteiger partial charge is 0.339 e. The van der Waals surface area contributed by atoms with E-state index >= 15 is 0 Å². The van der Waals surface area contributed by atoms with Crippen LogP contribution in [0.1, 0.15) is 10.4 Å². The van der Waals surface area contributed by atoms with Crippen LogP contribution >= 0.6 is 0 Å². The molecule has 1 N–H and O–H groups in total. The molecule has 6 heteroatoms. The lowest BCUT2D eigenvalue weighted by molar-refractivity contribution is -0.132. The summed E-state index contributed by atoms with van der Waals surface area (Å²) in [6.07, 6.45) is 1.67. The van der Waals surface area contributed by atoms with Gasteiger partial charge in [-0.05, 0) is 12.1 Å². The third kappa shape index (κ3) is 3.32. The molecule has 0 aliphatic carbocycles. The number of pyridine rings is 1. The van der Waals surface area contributed by atoms with E-state index in [1.165, 1.54) is 4.90 Å². The van der Waals surface area contributed by atoms with Crippen LogP contribution in [0.4, 0.5) is 0 Å². The zero-order valence-electron chi connectivity index (χ0n) is 13.2. The molecule has 1 fully saturated rings. The zero-order chi connectivity index (χ0) is 16.2. The van der Waals surface area contributed by atoms with Crippen LogP contribution in [0.15, 0.2) is 36.5 Å². The Hall–Kier alpha value is -2.47. The molecule has 0 radical (unpaired) electrons. The van der Waals surface area contributed by atoms with Gasteiger partial charge in [-0.25, -0.2) is 0 Å². The van der Waals surface area contributed by atoms with E-state index in [9.17, 15) is 9.59 Å². The number of hydrogen-bond acceptors (Lipinski definition) is 4. The summed E-state index contributed by atoms with van der Waals surface area (Å²) in [4.78, 5) is 32.5. The van der Waals surface area contributed by atoms with E-state index in [1.807, 2.05) is 24.3 Å². The van der Waals surface area contributed by atoms with Gasteiger partial charge < -0.3 is 15.1 Å². The van der Waals surface area contributed by atoms with Gasteiger partial charge in [0.2, 0.25) is 5.91 Å². The van der Waals surface area contributed by atoms with Crippen molar-refractivity contribution in [2.45, 2.75) is 0 Å². The van der Waals surface area contributed by atoms with E-state index in [0.29, 0.717) is 24.2 Å². The Morgan fingerprint density at radius 2 is 1.96 bits per heavy atom. The van der Waals surface area contributed by atoms with E-state index < -0.39 is 0 Å². The van der Waals surface area contributed by atoms with Gasteiger partial charge in [0.15, 0.2) is 0 Å². The number of amides is 2. The number of carbonyl (C=O) groups excluding carboxylic acids is 2. The first-order chi connectivity index (χ1) is 11.2. The van der Waals surface area contributed by atoms with Gasteiger partial charge in [0.1, 0.15) is 0 Å². The topological polar surface area (TPSA) is 65.5 Å². The summed E-state index contributed by atoms with van der Waals surface area (Å²) in [5, 5.41) is 4.13. The molecular weight excluding hydrogens is 292 g/mol. The second kappa shape index (κ2) is 6.75. The average Bonchev–Trinajstić information content (AvgIpc) is 2.61. The number of rotatable bonds is 3. The standard InChI is InChI=1S/C17H20N4O2/c1-20(12-15(22)21-10-8-18-9-11-21)17(23)14-6-2-4-13-5-3-7-19-16(13)14/h2-7,18H,8-12H2,1H3. The van der Waals surface area contributed by atoms with Crippen LogP contribution in [-0.4, -0.2) is 66.4 Å². The van der Waals surface area contributed by atoms with Crippen LogP contribution in [0, 0.1) is 0 Å². The number of aromatic nitrogens is 1. The Kier molecular flexibility index (Phi) is 4.52. The smallest absolute Gasteiger partial charge is 0.256 e. The highest BCUT2D eigenvalue weighted by Crippen LogP contribution is 2.17. The normalized spacial score (nSPS) is 14.7. The molecule has 120 valence electrons. The first kappa shape index (κ1) is 15.4. The number of hydrogen-bond donors (Lipinski definition) is 1. The molecule has 3 rings (SSSR count). The zero-order valence-corrected chi connectivity index (χ0v) is 13.2. The molecule has 0 atom stereocenters. The van der Waals surface area contributed by atoms with Crippen LogP contribution in [0.3, 0.4) is 0 Å². The molecule has 2 heterocycles. The van der Waals surface area contributed by atoms with Crippen LogP contribution in [-0.2, 0) is 4.79 Å². The van der Waals surface area contributed by atoms with Gasteiger partial charge in [-0.15, -0.1) is 0 Å². The first-order valence-corrected chi connectivity index (χ1v) is 7.74. The maximum absolute atomic E-state index is 12.7. The molecule has 0 unspecified atom stereocenters. The van der Waals surface area contributed by atoms with Gasteiger partial charge in [-0.3, -0.25) is 14.6 Å². The average molecular weight is 312 g/mol. The predicted octanol–water partition coefficient (Wildman–Crippen LogP) is 0.739. The van der Waals surface area contributed by atoms with Crippen molar-refractivity contribution in [1.29, 1.82) is 0 Å². The number of benzene rings is 1. The maximum atomic E-state index is 12.7. The fraction of sp³-hybridized carbons (Fsp3) is 0.353. The molecule has 1 saturated heterocycles. The lowest BCUT2D eigenvalue weighted by Gasteiger charge is -2.29. The summed E-state index contributed by atoms with van der Waals surface area (Å²) < 4.78 is 0. The van der Waals surface area contributed by atoms with Crippen molar-refractivity contribution in [3.63, 3.8) is 0 Å². The highest BCUT2D eigenvalue weighted by molar-refractivity contribution is 6.06. The number of likely N-dealkylation sites (N-methyl/N-ethyl adjacent to an activating group) is 1. The molecule has 2 amide bonds. The minimum absolute atomic E-state index is 0.0180. The van der Waals surface area contributed by atoms with Gasteiger partial charge in [0.25, 0.3) is 5.91 Å². The molecular formula is C17H20N4O2. The Bertz CT molecular complexity index is 720. The summed E-state index contributed by atoms with van der Waals surface area (Å²) in [6.45, 7) is 3.07. The molecule has 0 saturated carbocycles. The molecule has 1 aliphatic heterocycles. The van der Waals surface area contributed by atoms with Gasteiger partial charge in [0.05, 0.1) is 17.6 Å². The highest BCUT2D eigenvalue weighted by atomic mass is 16.2. The minimum Gasteiger partial charge on any atom is -0.339 e. The van der Waals surface area contributed by atoms with Crippen molar-refractivity contribution in [3.8, 4) is 0 Å². The molecule has 6 nitrogen and oxygen atoms in total. The number of piperazine rings is 1. The second-order valence-electron chi connectivity index (χ2n) is 5.67. The van der Waals surface area contributed by atoms with Gasteiger partial charge >= 0.3 is 0 Å². The number of para-hydroxylation sites is 1. The monoisotopic (exact) mass is 312 g/mol. The molecule has 1 aromatic heterocycles. The lowest BCUT2D eigenvalue weighted by atomic mass is 10.1. The van der Waals surface area contributed by atoms with Crippen LogP contribution in [0.5, 0.6) is 0 Å². The van der Waals surface area contributed by atoms with Gasteiger partial charge in [-0.2, -0.15) is 0 Å². The summed E-state index contributed by atoms with van der Waals surface area (Å²) in [6, 6.07) is 9.27. The van der Waals surface area contributed by atoms with E-state index in [0.717, 1.165) is 18.5 Å². The van der Waals surface area contributed by atoms with E-state index in [2.05, 4.69) is 10.3 Å². The predicted molar refractivity (Wildman–Crippen MR) is 88.2 cm³/mol. The quantitative estimate of drug-likeness (QED) is 0.908. The first-order valence-electron chi connectivity index (χ1n) is 7.74. The fourth-order valence-electron chi connectivity index (χ4n) is 2.77. The van der Waals surface area contributed by atoms with Crippen LogP contribution in [0.2, 0.25) is 0 Å². The second-order valence-corrected chi connectivity index (χ2v) is 5.67. The molecule has 1 aliphatic rings.